The normalized spacial score (nSPS) is 13.2. The Kier molecular flexibility index (Phi) is 5.54. The molecule has 0 aliphatic heterocycles. The second kappa shape index (κ2) is 7.43. The van der Waals surface area contributed by atoms with Crippen LogP contribution in [0.5, 0.6) is 0 Å². The van der Waals surface area contributed by atoms with Gasteiger partial charge in [0.05, 0.1) is 4.90 Å². The molecule has 0 amide bonds. The van der Waals surface area contributed by atoms with Crippen LogP contribution in [0, 0.1) is 6.92 Å². The summed E-state index contributed by atoms with van der Waals surface area (Å²) in [6, 6.07) is 14.3. The van der Waals surface area contributed by atoms with E-state index in [0.29, 0.717) is 0 Å². The lowest BCUT2D eigenvalue weighted by Gasteiger charge is -2.16. The number of benzene rings is 2. The van der Waals surface area contributed by atoms with Gasteiger partial charge in [0.15, 0.2) is 0 Å². The van der Waals surface area contributed by atoms with Crippen LogP contribution in [0.1, 0.15) is 23.1 Å². The predicted octanol–water partition coefficient (Wildman–Crippen LogP) is 4.91. The molecule has 0 spiro atoms. The average Bonchev–Trinajstić information content (AvgIpc) is 2.56. The van der Waals surface area contributed by atoms with Gasteiger partial charge >= 0.3 is 0 Å². The number of hydrogen-bond donors (Lipinski definition) is 1. The van der Waals surface area contributed by atoms with Crippen molar-refractivity contribution < 1.29 is 13.0 Å². The van der Waals surface area contributed by atoms with Crippen molar-refractivity contribution in [3.63, 3.8) is 0 Å². The molecule has 24 heavy (non-hydrogen) atoms. The van der Waals surface area contributed by atoms with Crippen LogP contribution >= 0.6 is 0 Å². The first-order chi connectivity index (χ1) is 11.3. The SMILES string of the molecule is C=CC1=CCC(=C)c2ccccc21.Cc1ccc(S(=O)(=O)O)cc1. The first-order valence-electron chi connectivity index (χ1n) is 7.47. The Hall–Kier alpha value is -2.43. The molecule has 1 aliphatic rings. The van der Waals surface area contributed by atoms with E-state index in [0.717, 1.165) is 12.0 Å². The van der Waals surface area contributed by atoms with Gasteiger partial charge in [-0.25, -0.2) is 0 Å². The minimum absolute atomic E-state index is 0.0666. The smallest absolute Gasteiger partial charge is 0.282 e. The van der Waals surface area contributed by atoms with Crippen LogP contribution in [0.25, 0.3) is 11.1 Å². The summed E-state index contributed by atoms with van der Waals surface area (Å²) >= 11 is 0. The van der Waals surface area contributed by atoms with E-state index >= 15 is 0 Å². The second-order valence-electron chi connectivity index (χ2n) is 5.50. The maximum absolute atomic E-state index is 10.5. The molecule has 0 aromatic heterocycles. The molecule has 0 saturated carbocycles. The minimum Gasteiger partial charge on any atom is -0.282 e. The van der Waals surface area contributed by atoms with Crippen LogP contribution in [-0.2, 0) is 10.1 Å². The van der Waals surface area contributed by atoms with Gasteiger partial charge in [-0.05, 0) is 47.8 Å². The van der Waals surface area contributed by atoms with E-state index in [4.69, 9.17) is 4.55 Å². The number of allylic oxidation sites excluding steroid dienone is 4. The van der Waals surface area contributed by atoms with Gasteiger partial charge < -0.3 is 0 Å². The van der Waals surface area contributed by atoms with Crippen molar-refractivity contribution in [1.82, 2.24) is 0 Å². The predicted molar refractivity (Wildman–Crippen MR) is 99.3 cm³/mol. The van der Waals surface area contributed by atoms with Crippen molar-refractivity contribution in [3.05, 3.63) is 90.5 Å². The molecule has 0 fully saturated rings. The fourth-order valence-corrected chi connectivity index (χ4v) is 2.88. The lowest BCUT2D eigenvalue weighted by molar-refractivity contribution is 0.483. The molecular weight excluding hydrogens is 320 g/mol. The van der Waals surface area contributed by atoms with Gasteiger partial charge in [-0.2, -0.15) is 8.42 Å². The highest BCUT2D eigenvalue weighted by Crippen LogP contribution is 2.32. The number of hydrogen-bond acceptors (Lipinski definition) is 2. The van der Waals surface area contributed by atoms with Gasteiger partial charge in [0.25, 0.3) is 10.1 Å². The zero-order chi connectivity index (χ0) is 17.7. The molecule has 3 nitrogen and oxygen atoms in total. The second-order valence-corrected chi connectivity index (χ2v) is 6.93. The van der Waals surface area contributed by atoms with E-state index in [2.05, 4.69) is 43.5 Å². The van der Waals surface area contributed by atoms with Gasteiger partial charge in [0.2, 0.25) is 0 Å². The number of rotatable bonds is 2. The highest BCUT2D eigenvalue weighted by Gasteiger charge is 2.11. The lowest BCUT2D eigenvalue weighted by Crippen LogP contribution is -1.96. The first-order valence-corrected chi connectivity index (χ1v) is 8.91. The molecule has 1 N–H and O–H groups in total. The zero-order valence-corrected chi connectivity index (χ0v) is 14.4. The number of aryl methyl sites for hydroxylation is 1. The molecule has 3 rings (SSSR count). The van der Waals surface area contributed by atoms with Crippen molar-refractivity contribution in [3.8, 4) is 0 Å². The van der Waals surface area contributed by atoms with Crippen LogP contribution in [-0.4, -0.2) is 13.0 Å². The molecule has 4 heteroatoms. The Balaban J connectivity index is 0.000000177. The van der Waals surface area contributed by atoms with Crippen LogP contribution in [0.3, 0.4) is 0 Å². The monoisotopic (exact) mass is 340 g/mol. The van der Waals surface area contributed by atoms with Gasteiger partial charge in [0.1, 0.15) is 0 Å². The summed E-state index contributed by atoms with van der Waals surface area (Å²) in [5.41, 5.74) is 5.90. The quantitative estimate of drug-likeness (QED) is 0.790. The van der Waals surface area contributed by atoms with Crippen molar-refractivity contribution in [2.75, 3.05) is 0 Å². The summed E-state index contributed by atoms with van der Waals surface area (Å²) in [4.78, 5) is -0.0666. The standard InChI is InChI=1S/C13H12.C7H8O3S/c1-3-11-9-8-10(2)12-6-4-5-7-13(11)12;1-6-2-4-7(5-3-6)11(8,9)10/h3-7,9H,1-2,8H2;2-5H,1H3,(H,8,9,10). The maximum Gasteiger partial charge on any atom is 0.294 e. The molecule has 2 aromatic carbocycles. The van der Waals surface area contributed by atoms with Gasteiger partial charge in [-0.3, -0.25) is 4.55 Å². The first kappa shape index (κ1) is 17.9. The summed E-state index contributed by atoms with van der Waals surface area (Å²) in [5.74, 6) is 0. The summed E-state index contributed by atoms with van der Waals surface area (Å²) < 4.78 is 29.6. The van der Waals surface area contributed by atoms with Crippen molar-refractivity contribution in [1.29, 1.82) is 0 Å². The highest BCUT2D eigenvalue weighted by atomic mass is 32.2. The average molecular weight is 340 g/mol. The molecule has 0 bridgehead atoms. The van der Waals surface area contributed by atoms with Crippen LogP contribution in [0.4, 0.5) is 0 Å². The molecule has 2 aromatic rings. The van der Waals surface area contributed by atoms with Crippen LogP contribution in [0.15, 0.2) is 78.7 Å². The third-order valence-corrected chi connectivity index (χ3v) is 4.59. The molecule has 0 saturated heterocycles. The van der Waals surface area contributed by atoms with Crippen molar-refractivity contribution >= 4 is 21.3 Å². The summed E-state index contributed by atoms with van der Waals surface area (Å²) in [5, 5.41) is 0. The van der Waals surface area contributed by atoms with E-state index < -0.39 is 10.1 Å². The topological polar surface area (TPSA) is 54.4 Å². The summed E-state index contributed by atoms with van der Waals surface area (Å²) in [6.45, 7) is 9.70. The Morgan fingerprint density at radius 3 is 2.17 bits per heavy atom. The molecule has 0 heterocycles. The molecule has 0 unspecified atom stereocenters. The van der Waals surface area contributed by atoms with Crippen LogP contribution < -0.4 is 0 Å². The van der Waals surface area contributed by atoms with Gasteiger partial charge in [-0.15, -0.1) is 0 Å². The summed E-state index contributed by atoms with van der Waals surface area (Å²) in [6.07, 6.45) is 5.03. The molecule has 0 radical (unpaired) electrons. The molecular formula is C20H20O3S. The zero-order valence-electron chi connectivity index (χ0n) is 13.6. The largest absolute Gasteiger partial charge is 0.294 e. The van der Waals surface area contributed by atoms with Crippen molar-refractivity contribution in [2.24, 2.45) is 0 Å². The lowest BCUT2D eigenvalue weighted by atomic mass is 9.88. The minimum atomic E-state index is -4.02. The van der Waals surface area contributed by atoms with E-state index in [-0.39, 0.29) is 4.90 Å². The fraction of sp³-hybridized carbons (Fsp3) is 0.100. The Morgan fingerprint density at radius 2 is 1.62 bits per heavy atom. The third-order valence-electron chi connectivity index (χ3n) is 3.73. The van der Waals surface area contributed by atoms with Crippen LogP contribution in [0.2, 0.25) is 0 Å². The van der Waals surface area contributed by atoms with Gasteiger partial charge in [-0.1, -0.05) is 67.3 Å². The van der Waals surface area contributed by atoms with E-state index in [1.54, 1.807) is 12.1 Å². The molecule has 0 atom stereocenters. The Labute approximate surface area is 143 Å². The summed E-state index contributed by atoms with van der Waals surface area (Å²) in [7, 11) is -4.02. The third kappa shape index (κ3) is 4.31. The van der Waals surface area contributed by atoms with Crippen molar-refractivity contribution in [2.45, 2.75) is 18.2 Å². The fourth-order valence-electron chi connectivity index (χ4n) is 2.40. The van der Waals surface area contributed by atoms with Gasteiger partial charge in [0, 0.05) is 0 Å². The Morgan fingerprint density at radius 1 is 1.04 bits per heavy atom. The number of fused-ring (bicyclic) bond motifs is 1. The Bertz CT molecular complexity index is 889. The van der Waals surface area contributed by atoms with E-state index in [1.165, 1.54) is 34.4 Å². The maximum atomic E-state index is 10.5. The van der Waals surface area contributed by atoms with E-state index in [1.807, 2.05) is 13.0 Å². The highest BCUT2D eigenvalue weighted by molar-refractivity contribution is 7.85. The van der Waals surface area contributed by atoms with E-state index in [9.17, 15) is 8.42 Å². The molecule has 124 valence electrons. The molecule has 1 aliphatic carbocycles.